The van der Waals surface area contributed by atoms with Crippen LogP contribution in [0.15, 0.2) is 12.1 Å². The molecular formula is C15H17N3O5. The summed E-state index contributed by atoms with van der Waals surface area (Å²) >= 11 is 0. The molecule has 0 saturated heterocycles. The van der Waals surface area contributed by atoms with Gasteiger partial charge in [-0.2, -0.15) is 0 Å². The van der Waals surface area contributed by atoms with Crippen LogP contribution in [0.5, 0.6) is 29.5 Å². The highest BCUT2D eigenvalue weighted by Gasteiger charge is 2.16. The molecule has 0 N–H and O–H groups in total. The maximum absolute atomic E-state index is 11.3. The molecule has 1 aromatic heterocycles. The van der Waals surface area contributed by atoms with Crippen LogP contribution < -0.4 is 18.9 Å². The molecule has 0 aliphatic carbocycles. The molecule has 8 nitrogen and oxygen atoms in total. The molecule has 0 radical (unpaired) electrons. The first-order valence-electron chi connectivity index (χ1n) is 6.74. The van der Waals surface area contributed by atoms with Gasteiger partial charge in [-0.25, -0.2) is 0 Å². The molecule has 0 spiro atoms. The number of rotatable bonds is 5. The Hall–Kier alpha value is -2.90. The summed E-state index contributed by atoms with van der Waals surface area (Å²) in [4.78, 5) is 23.2. The molecule has 2 aromatic rings. The van der Waals surface area contributed by atoms with Crippen molar-refractivity contribution in [1.82, 2.24) is 15.0 Å². The zero-order valence-corrected chi connectivity index (χ0v) is 13.5. The summed E-state index contributed by atoms with van der Waals surface area (Å²) in [7, 11) is 2.83. The first-order chi connectivity index (χ1) is 10.9. The summed E-state index contributed by atoms with van der Waals surface area (Å²) in [5.41, 5.74) is 1.69. The fourth-order valence-corrected chi connectivity index (χ4v) is 1.92. The number of carbonyl (C=O) groups excluding carboxylic acids is 1. The summed E-state index contributed by atoms with van der Waals surface area (Å²) in [5.74, 6) is 0.167. The summed E-state index contributed by atoms with van der Waals surface area (Å²) in [5, 5.41) is 0. The number of methoxy groups -OCH3 is 2. The average molecular weight is 319 g/mol. The number of aryl methyl sites for hydroxylation is 2. The van der Waals surface area contributed by atoms with Gasteiger partial charge in [-0.1, -0.05) is 6.07 Å². The van der Waals surface area contributed by atoms with E-state index in [1.54, 1.807) is 6.07 Å². The zero-order chi connectivity index (χ0) is 17.0. The minimum atomic E-state index is -0.453. The molecular weight excluding hydrogens is 302 g/mol. The van der Waals surface area contributed by atoms with Crippen molar-refractivity contribution < 1.29 is 23.7 Å². The third-order valence-corrected chi connectivity index (χ3v) is 2.77. The number of hydrogen-bond donors (Lipinski definition) is 0. The number of ether oxygens (including phenoxy) is 4. The lowest BCUT2D eigenvalue weighted by molar-refractivity contribution is -0.132. The number of esters is 1. The maximum Gasteiger partial charge on any atom is 0.331 e. The molecule has 0 aliphatic rings. The lowest BCUT2D eigenvalue weighted by Crippen LogP contribution is -2.06. The normalized spacial score (nSPS) is 10.1. The van der Waals surface area contributed by atoms with E-state index >= 15 is 0 Å². The van der Waals surface area contributed by atoms with Crippen molar-refractivity contribution in [1.29, 1.82) is 0 Å². The monoisotopic (exact) mass is 319 g/mol. The van der Waals surface area contributed by atoms with Crippen LogP contribution in [0.3, 0.4) is 0 Å². The molecule has 1 heterocycles. The van der Waals surface area contributed by atoms with Crippen molar-refractivity contribution in [3.05, 3.63) is 23.3 Å². The highest BCUT2D eigenvalue weighted by Crippen LogP contribution is 2.35. The Morgan fingerprint density at radius 3 is 2.04 bits per heavy atom. The van der Waals surface area contributed by atoms with Crippen molar-refractivity contribution in [3.8, 4) is 29.5 Å². The van der Waals surface area contributed by atoms with Gasteiger partial charge in [0.2, 0.25) is 0 Å². The Morgan fingerprint density at radius 1 is 0.957 bits per heavy atom. The van der Waals surface area contributed by atoms with Crippen LogP contribution in [0.4, 0.5) is 0 Å². The largest absolute Gasteiger partial charge is 0.467 e. The van der Waals surface area contributed by atoms with Crippen molar-refractivity contribution in [3.63, 3.8) is 0 Å². The van der Waals surface area contributed by atoms with E-state index in [-0.39, 0.29) is 23.8 Å². The summed E-state index contributed by atoms with van der Waals surface area (Å²) in [6.07, 6.45) is 0. The molecule has 8 heteroatoms. The predicted molar refractivity (Wildman–Crippen MR) is 80.2 cm³/mol. The molecule has 122 valence electrons. The molecule has 0 unspecified atom stereocenters. The maximum atomic E-state index is 11.3. The van der Waals surface area contributed by atoms with Crippen LogP contribution >= 0.6 is 0 Å². The second-order valence-electron chi connectivity index (χ2n) is 4.70. The standard InChI is InChI=1S/C15H17N3O5/c1-8-6-9(2)12(11(7-8)22-10(3)19)23-15-17-13(20-4)16-14(18-15)21-5/h6-7H,1-5H3. The molecule has 23 heavy (non-hydrogen) atoms. The van der Waals surface area contributed by atoms with Gasteiger partial charge in [-0.05, 0) is 31.0 Å². The van der Waals surface area contributed by atoms with E-state index < -0.39 is 5.97 Å². The van der Waals surface area contributed by atoms with E-state index in [0.29, 0.717) is 5.75 Å². The number of aromatic nitrogens is 3. The molecule has 0 aliphatic heterocycles. The summed E-state index contributed by atoms with van der Waals surface area (Å²) < 4.78 is 20.8. The minimum absolute atomic E-state index is 0.0333. The fraction of sp³-hybridized carbons (Fsp3) is 0.333. The smallest absolute Gasteiger partial charge is 0.331 e. The van der Waals surface area contributed by atoms with Gasteiger partial charge in [0.25, 0.3) is 0 Å². The minimum Gasteiger partial charge on any atom is -0.467 e. The summed E-state index contributed by atoms with van der Waals surface area (Å²) in [6, 6.07) is 3.64. The van der Waals surface area contributed by atoms with Gasteiger partial charge in [0.15, 0.2) is 11.5 Å². The van der Waals surface area contributed by atoms with Crippen molar-refractivity contribution >= 4 is 5.97 Å². The van der Waals surface area contributed by atoms with Gasteiger partial charge in [0, 0.05) is 6.92 Å². The van der Waals surface area contributed by atoms with E-state index in [0.717, 1.165) is 11.1 Å². The van der Waals surface area contributed by atoms with Gasteiger partial charge in [0.1, 0.15) is 0 Å². The van der Waals surface area contributed by atoms with E-state index in [2.05, 4.69) is 15.0 Å². The highest BCUT2D eigenvalue weighted by molar-refractivity contribution is 5.71. The SMILES string of the molecule is COc1nc(OC)nc(Oc2c(C)cc(C)cc2OC(C)=O)n1. The second-order valence-corrected chi connectivity index (χ2v) is 4.70. The van der Waals surface area contributed by atoms with Crippen LogP contribution in [0, 0.1) is 13.8 Å². The first-order valence-corrected chi connectivity index (χ1v) is 6.74. The molecule has 1 aromatic carbocycles. The van der Waals surface area contributed by atoms with Crippen LogP contribution in [-0.2, 0) is 4.79 Å². The van der Waals surface area contributed by atoms with Gasteiger partial charge < -0.3 is 18.9 Å². The average Bonchev–Trinajstić information content (AvgIpc) is 2.49. The molecule has 0 saturated carbocycles. The first kappa shape index (κ1) is 16.5. The Bertz CT molecular complexity index is 711. The van der Waals surface area contributed by atoms with E-state index in [1.165, 1.54) is 21.1 Å². The number of nitrogens with zero attached hydrogens (tertiary/aromatic N) is 3. The molecule has 0 fully saturated rings. The lowest BCUT2D eigenvalue weighted by Gasteiger charge is -2.13. The van der Waals surface area contributed by atoms with Crippen molar-refractivity contribution in [2.24, 2.45) is 0 Å². The fourth-order valence-electron chi connectivity index (χ4n) is 1.92. The molecule has 2 rings (SSSR count). The Morgan fingerprint density at radius 2 is 1.52 bits per heavy atom. The Labute approximate surface area is 133 Å². The Balaban J connectivity index is 2.45. The van der Waals surface area contributed by atoms with E-state index in [1.807, 2.05) is 19.9 Å². The molecule has 0 bridgehead atoms. The topological polar surface area (TPSA) is 92.7 Å². The number of benzene rings is 1. The van der Waals surface area contributed by atoms with Gasteiger partial charge in [0.05, 0.1) is 14.2 Å². The van der Waals surface area contributed by atoms with Gasteiger partial charge in [-0.15, -0.1) is 15.0 Å². The number of carbonyl (C=O) groups is 1. The third-order valence-electron chi connectivity index (χ3n) is 2.77. The molecule has 0 amide bonds. The highest BCUT2D eigenvalue weighted by atomic mass is 16.6. The van der Waals surface area contributed by atoms with Crippen LogP contribution in [0.1, 0.15) is 18.1 Å². The van der Waals surface area contributed by atoms with Gasteiger partial charge >= 0.3 is 24.0 Å². The van der Waals surface area contributed by atoms with Crippen molar-refractivity contribution in [2.45, 2.75) is 20.8 Å². The number of hydrogen-bond acceptors (Lipinski definition) is 8. The van der Waals surface area contributed by atoms with Crippen LogP contribution in [-0.4, -0.2) is 35.1 Å². The van der Waals surface area contributed by atoms with Crippen LogP contribution in [0.25, 0.3) is 0 Å². The molecule has 0 atom stereocenters. The predicted octanol–water partition coefficient (Wildman–Crippen LogP) is 2.22. The summed E-state index contributed by atoms with van der Waals surface area (Å²) in [6.45, 7) is 5.03. The van der Waals surface area contributed by atoms with E-state index in [4.69, 9.17) is 18.9 Å². The quantitative estimate of drug-likeness (QED) is 0.612. The second kappa shape index (κ2) is 6.91. The lowest BCUT2D eigenvalue weighted by atomic mass is 10.1. The van der Waals surface area contributed by atoms with Gasteiger partial charge in [-0.3, -0.25) is 4.79 Å². The Kier molecular flexibility index (Phi) is 4.95. The van der Waals surface area contributed by atoms with Crippen molar-refractivity contribution in [2.75, 3.05) is 14.2 Å². The van der Waals surface area contributed by atoms with E-state index in [9.17, 15) is 4.79 Å². The zero-order valence-electron chi connectivity index (χ0n) is 13.5. The third kappa shape index (κ3) is 4.06. The van der Waals surface area contributed by atoms with Crippen LogP contribution in [0.2, 0.25) is 0 Å².